The zero-order valence-electron chi connectivity index (χ0n) is 19.1. The van der Waals surface area contributed by atoms with E-state index >= 15 is 0 Å². The van der Waals surface area contributed by atoms with Gasteiger partial charge in [-0.15, -0.1) is 0 Å². The van der Waals surface area contributed by atoms with E-state index in [1.165, 1.54) is 4.90 Å². The standard InChI is InChI=1S/C23H33N3O5S/c1-22(2,3)32(29)25-20-17-12-16(15-31-19-6-4-5-11-30-19)14-24-18(17)13-23(20)7-9-26(10-8-23)21(27)28/h12,14,19H,4-11,13,15H2,1-3H3,(H,27,28)/b25-20+/t19-,32-/m1/s1. The molecule has 1 N–H and O–H groups in total. The van der Waals surface area contributed by atoms with Crippen LogP contribution in [0, 0.1) is 5.41 Å². The van der Waals surface area contributed by atoms with Crippen molar-refractivity contribution in [3.63, 3.8) is 0 Å². The van der Waals surface area contributed by atoms with E-state index in [0.29, 0.717) is 39.0 Å². The number of likely N-dealkylation sites (tertiary alicyclic amines) is 1. The van der Waals surface area contributed by atoms with Crippen LogP contribution < -0.4 is 0 Å². The van der Waals surface area contributed by atoms with E-state index in [4.69, 9.17) is 18.9 Å². The molecule has 176 valence electrons. The topological polar surface area (TPSA) is 107 Å². The summed E-state index contributed by atoms with van der Waals surface area (Å²) in [4.78, 5) is 17.6. The molecule has 1 aromatic rings. The molecule has 1 aromatic heterocycles. The highest BCUT2D eigenvalue weighted by atomic mass is 32.2. The lowest BCUT2D eigenvalue weighted by Crippen LogP contribution is -2.45. The van der Waals surface area contributed by atoms with Gasteiger partial charge in [0.2, 0.25) is 0 Å². The van der Waals surface area contributed by atoms with Crippen molar-refractivity contribution in [3.8, 4) is 0 Å². The predicted octanol–water partition coefficient (Wildman–Crippen LogP) is 3.69. The molecule has 32 heavy (non-hydrogen) atoms. The highest BCUT2D eigenvalue weighted by molar-refractivity contribution is 7.91. The van der Waals surface area contributed by atoms with Crippen LogP contribution in [0.3, 0.4) is 0 Å². The second kappa shape index (κ2) is 9.29. The van der Waals surface area contributed by atoms with Gasteiger partial charge in [-0.3, -0.25) is 4.98 Å². The summed E-state index contributed by atoms with van der Waals surface area (Å²) in [5.41, 5.74) is 3.29. The normalized spacial score (nSPS) is 25.2. The Morgan fingerprint density at radius 1 is 1.41 bits per heavy atom. The first-order chi connectivity index (χ1) is 15.2. The van der Waals surface area contributed by atoms with Crippen LogP contribution in [-0.2, 0) is 33.9 Å². The lowest BCUT2D eigenvalue weighted by molar-refractivity contribution is -0.168. The molecule has 0 bridgehead atoms. The molecule has 1 aliphatic carbocycles. The minimum Gasteiger partial charge on any atom is -0.591 e. The van der Waals surface area contributed by atoms with Gasteiger partial charge in [-0.2, -0.15) is 0 Å². The molecule has 2 aliphatic heterocycles. The van der Waals surface area contributed by atoms with Gasteiger partial charge in [-0.05, 0) is 64.5 Å². The summed E-state index contributed by atoms with van der Waals surface area (Å²) in [6.07, 6.45) is 5.85. The Kier molecular flexibility index (Phi) is 6.81. The molecule has 3 aliphatic rings. The van der Waals surface area contributed by atoms with Crippen LogP contribution in [0.5, 0.6) is 0 Å². The fraction of sp³-hybridized carbons (Fsp3) is 0.696. The molecule has 9 heteroatoms. The molecular formula is C23H33N3O5S. The van der Waals surface area contributed by atoms with Gasteiger partial charge in [0.05, 0.1) is 12.3 Å². The molecular weight excluding hydrogens is 430 g/mol. The summed E-state index contributed by atoms with van der Waals surface area (Å²) < 4.78 is 28.9. The van der Waals surface area contributed by atoms with Crippen molar-refractivity contribution in [1.82, 2.24) is 9.88 Å². The number of piperidine rings is 1. The minimum atomic E-state index is -1.41. The first-order valence-corrected chi connectivity index (χ1v) is 12.5. The van der Waals surface area contributed by atoms with Crippen LogP contribution in [0.4, 0.5) is 4.79 Å². The number of pyridine rings is 1. The Morgan fingerprint density at radius 2 is 2.16 bits per heavy atom. The van der Waals surface area contributed by atoms with Gasteiger partial charge in [0.15, 0.2) is 6.29 Å². The zero-order chi connectivity index (χ0) is 22.9. The number of aromatic nitrogens is 1. The Bertz CT molecular complexity index is 871. The van der Waals surface area contributed by atoms with Crippen LogP contribution in [0.2, 0.25) is 0 Å². The van der Waals surface area contributed by atoms with Crippen LogP contribution in [0.15, 0.2) is 16.7 Å². The van der Waals surface area contributed by atoms with E-state index < -0.39 is 22.2 Å². The van der Waals surface area contributed by atoms with Crippen molar-refractivity contribution in [2.75, 3.05) is 19.7 Å². The van der Waals surface area contributed by atoms with Crippen molar-refractivity contribution < 1.29 is 23.9 Å². The highest BCUT2D eigenvalue weighted by Crippen LogP contribution is 2.45. The molecule has 2 fully saturated rings. The van der Waals surface area contributed by atoms with Gasteiger partial charge in [0, 0.05) is 43.3 Å². The maximum absolute atomic E-state index is 13.0. The molecule has 4 rings (SSSR count). The number of nitrogens with zero attached hydrogens (tertiary/aromatic N) is 3. The minimum absolute atomic E-state index is 0.176. The number of carboxylic acid groups (broad SMARTS) is 1. The van der Waals surface area contributed by atoms with E-state index in [1.807, 2.05) is 27.0 Å². The van der Waals surface area contributed by atoms with Crippen LogP contribution in [-0.4, -0.2) is 62.1 Å². The second-order valence-electron chi connectivity index (χ2n) is 9.97. The highest BCUT2D eigenvalue weighted by Gasteiger charge is 2.48. The SMILES string of the molecule is CC(C)(C)[S@@+]([O-])/N=C1\c2cc(CO[C@@H]3CCCCO3)cnc2CC12CCN(C(=O)O)CC2. The van der Waals surface area contributed by atoms with Crippen molar-refractivity contribution in [2.24, 2.45) is 9.81 Å². The van der Waals surface area contributed by atoms with Gasteiger partial charge in [-0.25, -0.2) is 4.79 Å². The number of fused-ring (bicyclic) bond motifs is 1. The lowest BCUT2D eigenvalue weighted by atomic mass is 9.75. The third-order valence-electron chi connectivity index (χ3n) is 6.55. The summed E-state index contributed by atoms with van der Waals surface area (Å²) >= 11 is -1.41. The summed E-state index contributed by atoms with van der Waals surface area (Å²) in [6.45, 7) is 7.76. The van der Waals surface area contributed by atoms with E-state index in [1.54, 1.807) is 0 Å². The van der Waals surface area contributed by atoms with Crippen molar-refractivity contribution >= 4 is 23.2 Å². The van der Waals surface area contributed by atoms with E-state index in [-0.39, 0.29) is 11.7 Å². The number of amides is 1. The van der Waals surface area contributed by atoms with E-state index in [9.17, 15) is 14.5 Å². The largest absolute Gasteiger partial charge is 0.591 e. The Hall–Kier alpha value is -1.68. The third-order valence-corrected chi connectivity index (χ3v) is 7.95. The van der Waals surface area contributed by atoms with E-state index in [2.05, 4.69) is 6.07 Å². The molecule has 3 heterocycles. The molecule has 8 nitrogen and oxygen atoms in total. The number of ether oxygens (including phenoxy) is 2. The third kappa shape index (κ3) is 4.95. The smallest absolute Gasteiger partial charge is 0.407 e. The first kappa shape index (κ1) is 23.5. The van der Waals surface area contributed by atoms with Crippen LogP contribution >= 0.6 is 0 Å². The van der Waals surface area contributed by atoms with Crippen LogP contribution in [0.1, 0.15) is 69.7 Å². The molecule has 0 unspecified atom stereocenters. The van der Waals surface area contributed by atoms with Crippen molar-refractivity contribution in [3.05, 3.63) is 29.1 Å². The molecule has 2 atom stereocenters. The molecule has 0 aromatic carbocycles. The fourth-order valence-corrected chi connectivity index (χ4v) is 5.32. The summed E-state index contributed by atoms with van der Waals surface area (Å²) in [7, 11) is 0. The Morgan fingerprint density at radius 3 is 2.78 bits per heavy atom. The molecule has 0 saturated carbocycles. The average Bonchev–Trinajstić information content (AvgIpc) is 3.04. The van der Waals surface area contributed by atoms with Gasteiger partial charge in [-0.1, -0.05) is 4.40 Å². The zero-order valence-corrected chi connectivity index (χ0v) is 19.9. The number of hydrogen-bond donors (Lipinski definition) is 1. The molecule has 0 radical (unpaired) electrons. The summed E-state index contributed by atoms with van der Waals surface area (Å²) in [5, 5.41) is 9.37. The summed E-state index contributed by atoms with van der Waals surface area (Å²) in [5.74, 6) is 0. The predicted molar refractivity (Wildman–Crippen MR) is 122 cm³/mol. The first-order valence-electron chi connectivity index (χ1n) is 11.4. The van der Waals surface area contributed by atoms with Crippen molar-refractivity contribution in [2.45, 2.75) is 76.9 Å². The van der Waals surface area contributed by atoms with Gasteiger partial charge in [0.25, 0.3) is 0 Å². The lowest BCUT2D eigenvalue weighted by Gasteiger charge is -2.38. The molecule has 1 spiro atoms. The molecule has 2 saturated heterocycles. The fourth-order valence-electron chi connectivity index (χ4n) is 4.59. The summed E-state index contributed by atoms with van der Waals surface area (Å²) in [6, 6.07) is 2.06. The van der Waals surface area contributed by atoms with Gasteiger partial charge >= 0.3 is 6.09 Å². The average molecular weight is 464 g/mol. The quantitative estimate of drug-likeness (QED) is 0.683. The monoisotopic (exact) mass is 463 g/mol. The maximum atomic E-state index is 13.0. The Labute approximate surface area is 192 Å². The Balaban J connectivity index is 1.60. The molecule has 1 amide bonds. The second-order valence-corrected chi connectivity index (χ2v) is 11.9. The van der Waals surface area contributed by atoms with E-state index in [0.717, 1.165) is 48.4 Å². The van der Waals surface area contributed by atoms with Gasteiger partial charge < -0.3 is 24.0 Å². The maximum Gasteiger partial charge on any atom is 0.407 e. The number of rotatable bonds is 4. The van der Waals surface area contributed by atoms with Crippen molar-refractivity contribution in [1.29, 1.82) is 0 Å². The number of hydrogen-bond acceptors (Lipinski definition) is 6. The number of carbonyl (C=O) groups is 1. The van der Waals surface area contributed by atoms with Gasteiger partial charge in [0.1, 0.15) is 21.8 Å². The van der Waals surface area contributed by atoms with Crippen LogP contribution in [0.25, 0.3) is 0 Å².